The van der Waals surface area contributed by atoms with Gasteiger partial charge in [0.15, 0.2) is 0 Å². The smallest absolute Gasteiger partial charge is 0.343 e. The maximum atomic E-state index is 12.5. The summed E-state index contributed by atoms with van der Waals surface area (Å²) in [5.41, 5.74) is 7.17. The van der Waals surface area contributed by atoms with Crippen LogP contribution in [0.3, 0.4) is 0 Å². The van der Waals surface area contributed by atoms with Gasteiger partial charge in [0.05, 0.1) is 5.57 Å². The first-order valence-electron chi connectivity index (χ1n) is 10.2. The molecule has 3 nitrogen and oxygen atoms in total. The molecule has 0 N–H and O–H groups in total. The van der Waals surface area contributed by atoms with Crippen molar-refractivity contribution in [3.8, 4) is 5.69 Å². The van der Waals surface area contributed by atoms with Crippen molar-refractivity contribution in [2.24, 2.45) is 0 Å². The molecule has 0 saturated carbocycles. The lowest BCUT2D eigenvalue weighted by molar-refractivity contribution is -0.130. The number of para-hydroxylation sites is 1. The Morgan fingerprint density at radius 3 is 2.23 bits per heavy atom. The Hall–Kier alpha value is -3.33. The largest absolute Gasteiger partial charge is 0.422 e. The molecule has 1 aliphatic heterocycles. The lowest BCUT2D eigenvalue weighted by atomic mass is 9.86. The van der Waals surface area contributed by atoms with Gasteiger partial charge in [-0.25, -0.2) is 4.79 Å². The Kier molecular flexibility index (Phi) is 4.98. The van der Waals surface area contributed by atoms with Crippen LogP contribution in [0.2, 0.25) is 0 Å². The molecule has 1 aromatic heterocycles. The normalized spacial score (nSPS) is 15.4. The molecule has 0 bridgehead atoms. The summed E-state index contributed by atoms with van der Waals surface area (Å²) >= 11 is 0. The van der Waals surface area contributed by atoms with E-state index in [1.165, 1.54) is 5.56 Å². The van der Waals surface area contributed by atoms with Crippen LogP contribution >= 0.6 is 0 Å². The molecule has 2 heterocycles. The Morgan fingerprint density at radius 2 is 1.60 bits per heavy atom. The van der Waals surface area contributed by atoms with Gasteiger partial charge in [0.1, 0.15) is 5.76 Å². The Morgan fingerprint density at radius 1 is 0.933 bits per heavy atom. The van der Waals surface area contributed by atoms with Gasteiger partial charge < -0.3 is 9.30 Å². The number of hydrogen-bond donors (Lipinski definition) is 0. The number of rotatable bonds is 3. The SMILES string of the molecule is Cc1cc(/C=C2\C=C(c3ccc(C(C)(C)C)cc3)OC2=O)c(C)n1-c1ccccc1. The molecule has 1 aliphatic rings. The van der Waals surface area contributed by atoms with Crippen LogP contribution in [-0.2, 0) is 14.9 Å². The first-order valence-corrected chi connectivity index (χ1v) is 10.2. The topological polar surface area (TPSA) is 31.2 Å². The number of aryl methyl sites for hydroxylation is 1. The van der Waals surface area contributed by atoms with Gasteiger partial charge in [-0.3, -0.25) is 0 Å². The molecule has 0 amide bonds. The predicted octanol–water partition coefficient (Wildman–Crippen LogP) is 6.37. The third-order valence-corrected chi connectivity index (χ3v) is 5.56. The van der Waals surface area contributed by atoms with E-state index < -0.39 is 0 Å². The Balaban J connectivity index is 1.67. The van der Waals surface area contributed by atoms with E-state index in [0.717, 1.165) is 28.2 Å². The van der Waals surface area contributed by atoms with Crippen LogP contribution in [0.25, 0.3) is 17.5 Å². The van der Waals surface area contributed by atoms with Crippen LogP contribution in [0.15, 0.2) is 72.3 Å². The molecule has 0 fully saturated rings. The maximum absolute atomic E-state index is 12.5. The quantitative estimate of drug-likeness (QED) is 0.380. The monoisotopic (exact) mass is 397 g/mol. The van der Waals surface area contributed by atoms with E-state index in [1.807, 2.05) is 42.5 Å². The molecule has 0 unspecified atom stereocenters. The van der Waals surface area contributed by atoms with Gasteiger partial charge in [-0.05, 0) is 60.7 Å². The number of benzene rings is 2. The first-order chi connectivity index (χ1) is 14.2. The molecule has 0 atom stereocenters. The molecule has 0 aliphatic carbocycles. The third-order valence-electron chi connectivity index (χ3n) is 5.56. The average molecular weight is 398 g/mol. The highest BCUT2D eigenvalue weighted by molar-refractivity contribution is 6.05. The lowest BCUT2D eigenvalue weighted by Gasteiger charge is -2.19. The average Bonchev–Trinajstić information content (AvgIpc) is 3.21. The van der Waals surface area contributed by atoms with E-state index >= 15 is 0 Å². The zero-order valence-corrected chi connectivity index (χ0v) is 18.2. The van der Waals surface area contributed by atoms with Gasteiger partial charge in [-0.15, -0.1) is 0 Å². The first kappa shape index (κ1) is 20.0. The van der Waals surface area contributed by atoms with Crippen molar-refractivity contribution in [1.82, 2.24) is 4.57 Å². The lowest BCUT2D eigenvalue weighted by Crippen LogP contribution is -2.10. The van der Waals surface area contributed by atoms with Crippen LogP contribution in [0.4, 0.5) is 0 Å². The van der Waals surface area contributed by atoms with Crippen molar-refractivity contribution >= 4 is 17.8 Å². The molecular formula is C27H27NO2. The molecule has 0 spiro atoms. The number of nitrogens with zero attached hydrogens (tertiary/aromatic N) is 1. The number of esters is 1. The highest BCUT2D eigenvalue weighted by Gasteiger charge is 2.23. The molecule has 30 heavy (non-hydrogen) atoms. The molecule has 0 radical (unpaired) electrons. The van der Waals surface area contributed by atoms with Crippen molar-refractivity contribution in [1.29, 1.82) is 0 Å². The molecule has 4 rings (SSSR count). The zero-order valence-electron chi connectivity index (χ0n) is 18.2. The van der Waals surface area contributed by atoms with E-state index in [4.69, 9.17) is 4.74 Å². The summed E-state index contributed by atoms with van der Waals surface area (Å²) in [7, 11) is 0. The van der Waals surface area contributed by atoms with Crippen LogP contribution in [0, 0.1) is 13.8 Å². The van der Waals surface area contributed by atoms with Crippen molar-refractivity contribution in [3.63, 3.8) is 0 Å². The summed E-state index contributed by atoms with van der Waals surface area (Å²) in [6.07, 6.45) is 3.75. The number of hydrogen-bond acceptors (Lipinski definition) is 2. The van der Waals surface area contributed by atoms with Crippen LogP contribution < -0.4 is 0 Å². The van der Waals surface area contributed by atoms with Crippen molar-refractivity contribution in [2.75, 3.05) is 0 Å². The minimum Gasteiger partial charge on any atom is -0.422 e. The summed E-state index contributed by atoms with van der Waals surface area (Å²) in [6, 6.07) is 20.6. The number of aromatic nitrogens is 1. The predicted molar refractivity (Wildman–Crippen MR) is 122 cm³/mol. The highest BCUT2D eigenvalue weighted by atomic mass is 16.5. The van der Waals surface area contributed by atoms with Gasteiger partial charge in [-0.1, -0.05) is 63.2 Å². The van der Waals surface area contributed by atoms with Crippen LogP contribution in [0.5, 0.6) is 0 Å². The van der Waals surface area contributed by atoms with Gasteiger partial charge in [-0.2, -0.15) is 0 Å². The number of carbonyl (C=O) groups is 1. The minimum absolute atomic E-state index is 0.0889. The van der Waals surface area contributed by atoms with Gasteiger partial charge in [0.2, 0.25) is 0 Å². The second kappa shape index (κ2) is 7.49. The summed E-state index contributed by atoms with van der Waals surface area (Å²) in [6.45, 7) is 10.7. The highest BCUT2D eigenvalue weighted by Crippen LogP contribution is 2.31. The van der Waals surface area contributed by atoms with Gasteiger partial charge in [0.25, 0.3) is 0 Å². The van der Waals surface area contributed by atoms with Crippen LogP contribution in [-0.4, -0.2) is 10.5 Å². The van der Waals surface area contributed by atoms with Gasteiger partial charge in [0, 0.05) is 22.6 Å². The Labute approximate surface area is 178 Å². The fourth-order valence-electron chi connectivity index (χ4n) is 3.84. The molecular weight excluding hydrogens is 370 g/mol. The summed E-state index contributed by atoms with van der Waals surface area (Å²) in [5.74, 6) is 0.290. The van der Waals surface area contributed by atoms with Crippen molar-refractivity contribution in [2.45, 2.75) is 40.0 Å². The van der Waals surface area contributed by atoms with E-state index in [1.54, 1.807) is 0 Å². The minimum atomic E-state index is -0.311. The molecule has 0 saturated heterocycles. The zero-order chi connectivity index (χ0) is 21.5. The van der Waals surface area contributed by atoms with Crippen molar-refractivity contribution in [3.05, 3.63) is 100 Å². The number of cyclic esters (lactones) is 1. The molecule has 152 valence electrons. The molecule has 2 aromatic carbocycles. The molecule has 3 aromatic rings. The standard InChI is InChI=1S/C27H27NO2/c1-18-15-21(19(2)28(18)24-9-7-6-8-10-24)16-22-17-25(30-26(22)29)20-11-13-23(14-12-20)27(3,4)5/h6-17H,1-5H3/b22-16+. The van der Waals surface area contributed by atoms with Crippen molar-refractivity contribution < 1.29 is 9.53 Å². The number of ether oxygens (including phenoxy) is 1. The number of carbonyl (C=O) groups excluding carboxylic acids is 1. The fraction of sp³-hybridized carbons (Fsp3) is 0.222. The van der Waals surface area contributed by atoms with Crippen LogP contribution in [0.1, 0.15) is 48.8 Å². The Bertz CT molecular complexity index is 1150. The third kappa shape index (κ3) is 3.76. The van der Waals surface area contributed by atoms with E-state index in [-0.39, 0.29) is 11.4 Å². The molecule has 3 heteroatoms. The maximum Gasteiger partial charge on any atom is 0.343 e. The summed E-state index contributed by atoms with van der Waals surface area (Å²) < 4.78 is 7.76. The van der Waals surface area contributed by atoms with E-state index in [9.17, 15) is 4.79 Å². The second-order valence-electron chi connectivity index (χ2n) is 8.82. The summed E-state index contributed by atoms with van der Waals surface area (Å²) in [4.78, 5) is 12.5. The summed E-state index contributed by atoms with van der Waals surface area (Å²) in [5, 5.41) is 0. The fourth-order valence-corrected chi connectivity index (χ4v) is 3.84. The van der Waals surface area contributed by atoms with Gasteiger partial charge >= 0.3 is 5.97 Å². The van der Waals surface area contributed by atoms with E-state index in [2.05, 4.69) is 69.5 Å². The van der Waals surface area contributed by atoms with E-state index in [0.29, 0.717) is 11.3 Å². The second-order valence-corrected chi connectivity index (χ2v) is 8.82.